The van der Waals surface area contributed by atoms with Crippen molar-refractivity contribution in [1.29, 1.82) is 0 Å². The van der Waals surface area contributed by atoms with Crippen LogP contribution in [0.3, 0.4) is 0 Å². The Balaban J connectivity index is 2.33. The number of carbonyl (C=O) groups is 1. The van der Waals surface area contributed by atoms with Gasteiger partial charge in [-0.3, -0.25) is 9.78 Å². The first kappa shape index (κ1) is 14.5. The second-order valence-electron chi connectivity index (χ2n) is 4.88. The molecule has 0 saturated carbocycles. The number of halogens is 1. The summed E-state index contributed by atoms with van der Waals surface area (Å²) in [7, 11) is 0. The van der Waals surface area contributed by atoms with Gasteiger partial charge in [-0.25, -0.2) is 4.98 Å². The molecule has 1 aromatic heterocycles. The first-order chi connectivity index (χ1) is 9.49. The van der Waals surface area contributed by atoms with Crippen LogP contribution in [0, 0.1) is 6.92 Å². The summed E-state index contributed by atoms with van der Waals surface area (Å²) in [5, 5.41) is 3.10. The number of para-hydroxylation sites is 1. The lowest BCUT2D eigenvalue weighted by molar-refractivity contribution is 0.102. The molecule has 0 unspecified atom stereocenters. The van der Waals surface area contributed by atoms with Crippen molar-refractivity contribution in [2.24, 2.45) is 0 Å². The minimum Gasteiger partial charge on any atom is -0.320 e. The number of nitrogens with zero attached hydrogens (tertiary/aromatic N) is 2. The zero-order valence-electron chi connectivity index (χ0n) is 11.6. The van der Waals surface area contributed by atoms with E-state index in [9.17, 15) is 4.79 Å². The van der Waals surface area contributed by atoms with Crippen LogP contribution in [0.25, 0.3) is 0 Å². The van der Waals surface area contributed by atoms with Crippen molar-refractivity contribution in [3.8, 4) is 0 Å². The average molecular weight is 290 g/mol. The average Bonchev–Trinajstić information content (AvgIpc) is 2.40. The summed E-state index contributed by atoms with van der Waals surface area (Å²) in [6.45, 7) is 6.14. The molecule has 5 heteroatoms. The van der Waals surface area contributed by atoms with E-state index in [4.69, 9.17) is 11.6 Å². The van der Waals surface area contributed by atoms with Crippen LogP contribution in [0.1, 0.15) is 41.4 Å². The molecule has 0 atom stereocenters. The molecule has 0 saturated heterocycles. The summed E-state index contributed by atoms with van der Waals surface area (Å²) in [4.78, 5) is 20.1. The third-order valence-corrected chi connectivity index (χ3v) is 3.19. The predicted octanol–water partition coefficient (Wildman–Crippen LogP) is 3.81. The maximum atomic E-state index is 12.2. The molecule has 1 aromatic carbocycles. The predicted molar refractivity (Wildman–Crippen MR) is 80.3 cm³/mol. The van der Waals surface area contributed by atoms with E-state index in [1.807, 2.05) is 25.1 Å². The lowest BCUT2D eigenvalue weighted by Crippen LogP contribution is -2.16. The van der Waals surface area contributed by atoms with Gasteiger partial charge in [-0.2, -0.15) is 0 Å². The van der Waals surface area contributed by atoms with Crippen molar-refractivity contribution in [3.05, 3.63) is 52.6 Å². The highest BCUT2D eigenvalue weighted by atomic mass is 35.5. The van der Waals surface area contributed by atoms with Gasteiger partial charge in [0.05, 0.1) is 12.4 Å². The number of aryl methyl sites for hydroxylation is 1. The van der Waals surface area contributed by atoms with Crippen molar-refractivity contribution >= 4 is 23.2 Å². The fraction of sp³-hybridized carbons (Fsp3) is 0.267. The molecule has 2 rings (SSSR count). The second-order valence-corrected chi connectivity index (χ2v) is 5.26. The number of anilines is 1. The quantitative estimate of drug-likeness (QED) is 0.934. The number of hydrogen-bond donors (Lipinski definition) is 1. The van der Waals surface area contributed by atoms with Gasteiger partial charge in [-0.1, -0.05) is 43.6 Å². The van der Waals surface area contributed by atoms with Gasteiger partial charge in [-0.15, -0.1) is 0 Å². The van der Waals surface area contributed by atoms with Crippen molar-refractivity contribution in [3.63, 3.8) is 0 Å². The Morgan fingerprint density at radius 3 is 2.70 bits per heavy atom. The molecule has 104 valence electrons. The molecule has 2 aromatic rings. The zero-order valence-corrected chi connectivity index (χ0v) is 12.4. The van der Waals surface area contributed by atoms with E-state index in [0.29, 0.717) is 5.92 Å². The minimum atomic E-state index is -0.309. The highest BCUT2D eigenvalue weighted by Gasteiger charge is 2.14. The molecule has 0 radical (unpaired) electrons. The van der Waals surface area contributed by atoms with E-state index in [2.05, 4.69) is 29.1 Å². The Morgan fingerprint density at radius 1 is 1.30 bits per heavy atom. The fourth-order valence-corrected chi connectivity index (χ4v) is 2.12. The van der Waals surface area contributed by atoms with Gasteiger partial charge in [-0.05, 0) is 24.0 Å². The molecular weight excluding hydrogens is 274 g/mol. The van der Waals surface area contributed by atoms with Gasteiger partial charge in [0, 0.05) is 5.69 Å². The Hall–Kier alpha value is -1.94. The molecule has 0 fully saturated rings. The van der Waals surface area contributed by atoms with Crippen molar-refractivity contribution in [2.45, 2.75) is 26.7 Å². The number of benzene rings is 1. The molecule has 1 heterocycles. The van der Waals surface area contributed by atoms with Crippen molar-refractivity contribution < 1.29 is 4.79 Å². The Kier molecular flexibility index (Phi) is 4.35. The van der Waals surface area contributed by atoms with E-state index in [0.717, 1.165) is 16.8 Å². The smallest absolute Gasteiger partial charge is 0.275 e. The van der Waals surface area contributed by atoms with Crippen LogP contribution < -0.4 is 5.32 Å². The summed E-state index contributed by atoms with van der Waals surface area (Å²) in [5.74, 6) is 0.00634. The monoisotopic (exact) mass is 289 g/mol. The van der Waals surface area contributed by atoms with E-state index >= 15 is 0 Å². The summed E-state index contributed by atoms with van der Waals surface area (Å²) >= 11 is 5.75. The first-order valence-electron chi connectivity index (χ1n) is 6.37. The zero-order chi connectivity index (χ0) is 14.7. The largest absolute Gasteiger partial charge is 0.320 e. The molecular formula is C15H16ClN3O. The number of nitrogens with one attached hydrogen (secondary N) is 1. The van der Waals surface area contributed by atoms with Crippen LogP contribution in [-0.2, 0) is 0 Å². The van der Waals surface area contributed by atoms with Gasteiger partial charge >= 0.3 is 0 Å². The van der Waals surface area contributed by atoms with Gasteiger partial charge < -0.3 is 5.32 Å². The van der Waals surface area contributed by atoms with E-state index < -0.39 is 0 Å². The van der Waals surface area contributed by atoms with E-state index in [1.54, 1.807) is 0 Å². The highest BCUT2D eigenvalue weighted by molar-refractivity contribution is 6.29. The van der Waals surface area contributed by atoms with Crippen LogP contribution >= 0.6 is 11.6 Å². The summed E-state index contributed by atoms with van der Waals surface area (Å²) < 4.78 is 0. The van der Waals surface area contributed by atoms with Crippen LogP contribution in [0.15, 0.2) is 30.6 Å². The number of rotatable bonds is 3. The molecule has 0 spiro atoms. The molecule has 4 nitrogen and oxygen atoms in total. The summed E-state index contributed by atoms with van der Waals surface area (Å²) in [6, 6.07) is 5.96. The number of hydrogen-bond acceptors (Lipinski definition) is 3. The third kappa shape index (κ3) is 3.14. The Labute approximate surface area is 123 Å². The van der Waals surface area contributed by atoms with Crippen LogP contribution in [0.4, 0.5) is 5.69 Å². The molecule has 20 heavy (non-hydrogen) atoms. The molecule has 0 aliphatic heterocycles. The topological polar surface area (TPSA) is 54.9 Å². The molecule has 1 amide bonds. The van der Waals surface area contributed by atoms with Crippen molar-refractivity contribution in [2.75, 3.05) is 5.32 Å². The lowest BCUT2D eigenvalue weighted by atomic mass is 9.98. The summed E-state index contributed by atoms with van der Waals surface area (Å²) in [6.07, 6.45) is 2.79. The number of aromatic nitrogens is 2. The summed E-state index contributed by atoms with van der Waals surface area (Å²) in [5.41, 5.74) is 3.14. The van der Waals surface area contributed by atoms with Crippen LogP contribution in [0.5, 0.6) is 0 Å². The van der Waals surface area contributed by atoms with E-state index in [1.165, 1.54) is 12.4 Å². The van der Waals surface area contributed by atoms with Gasteiger partial charge in [0.2, 0.25) is 0 Å². The van der Waals surface area contributed by atoms with Gasteiger partial charge in [0.25, 0.3) is 5.91 Å². The van der Waals surface area contributed by atoms with Crippen LogP contribution in [-0.4, -0.2) is 15.9 Å². The maximum absolute atomic E-state index is 12.2. The maximum Gasteiger partial charge on any atom is 0.275 e. The second kappa shape index (κ2) is 6.01. The number of carbonyl (C=O) groups excluding carboxylic acids is 1. The number of amides is 1. The first-order valence-corrected chi connectivity index (χ1v) is 6.75. The SMILES string of the molecule is Cc1cccc(C(C)C)c1NC(=O)c1cncc(Cl)n1. The van der Waals surface area contributed by atoms with E-state index in [-0.39, 0.29) is 16.8 Å². The molecule has 1 N–H and O–H groups in total. The van der Waals surface area contributed by atoms with Crippen LogP contribution in [0.2, 0.25) is 5.15 Å². The molecule has 0 bridgehead atoms. The normalized spacial score (nSPS) is 10.7. The Bertz CT molecular complexity index is 641. The molecule has 0 aliphatic rings. The third-order valence-electron chi connectivity index (χ3n) is 3.00. The minimum absolute atomic E-state index is 0.200. The highest BCUT2D eigenvalue weighted by Crippen LogP contribution is 2.27. The van der Waals surface area contributed by atoms with Crippen molar-refractivity contribution in [1.82, 2.24) is 9.97 Å². The standard InChI is InChI=1S/C15H16ClN3O/c1-9(2)11-6-4-5-10(3)14(11)19-15(20)12-7-17-8-13(16)18-12/h4-9H,1-3H3,(H,19,20). The van der Waals surface area contributed by atoms with Gasteiger partial charge in [0.1, 0.15) is 10.8 Å². The Morgan fingerprint density at radius 2 is 2.05 bits per heavy atom. The van der Waals surface area contributed by atoms with Gasteiger partial charge in [0.15, 0.2) is 0 Å². The lowest BCUT2D eigenvalue weighted by Gasteiger charge is -2.16. The fourth-order valence-electron chi connectivity index (χ4n) is 1.97. The molecule has 0 aliphatic carbocycles.